The predicted octanol–water partition coefficient (Wildman–Crippen LogP) is 4.71. The zero-order valence-corrected chi connectivity index (χ0v) is 13.6. The second kappa shape index (κ2) is 9.27. The first-order valence-electron chi connectivity index (χ1n) is 7.22. The molecule has 1 N–H and O–H groups in total. The highest BCUT2D eigenvalue weighted by Crippen LogP contribution is 2.25. The molecule has 0 saturated carbocycles. The minimum Gasteiger partial charge on any atom is -0.313 e. The topological polar surface area (TPSA) is 12.0 Å². The van der Waals surface area contributed by atoms with Crippen molar-refractivity contribution in [3.05, 3.63) is 0 Å². The Labute approximate surface area is 114 Å². The maximum absolute atomic E-state index is 3.69. The Bertz CT molecular complexity index is 172. The Balaban J connectivity index is 3.87. The van der Waals surface area contributed by atoms with Crippen LogP contribution in [0.25, 0.3) is 0 Å². The van der Waals surface area contributed by atoms with Crippen molar-refractivity contribution in [1.29, 1.82) is 0 Å². The third-order valence-electron chi connectivity index (χ3n) is 2.73. The standard InChI is InChI=1S/C15H33NS/c1-7-11-16-14(10-8-9-13(2)3)12-17-15(4,5)6/h13-14,16H,7-12H2,1-6H3. The second-order valence-electron chi connectivity index (χ2n) is 6.40. The molecule has 0 radical (unpaired) electrons. The Morgan fingerprint density at radius 2 is 1.76 bits per heavy atom. The van der Waals surface area contributed by atoms with E-state index in [-0.39, 0.29) is 0 Å². The van der Waals surface area contributed by atoms with Gasteiger partial charge in [-0.1, -0.05) is 54.4 Å². The van der Waals surface area contributed by atoms with Crippen LogP contribution >= 0.6 is 11.8 Å². The molecule has 2 heteroatoms. The molecule has 0 bridgehead atoms. The van der Waals surface area contributed by atoms with Crippen LogP contribution < -0.4 is 5.32 Å². The zero-order chi connectivity index (χ0) is 13.3. The highest BCUT2D eigenvalue weighted by Gasteiger charge is 2.15. The molecule has 0 saturated heterocycles. The maximum Gasteiger partial charge on any atom is 0.0158 e. The molecule has 104 valence electrons. The van der Waals surface area contributed by atoms with Gasteiger partial charge in [-0.2, -0.15) is 11.8 Å². The van der Waals surface area contributed by atoms with Crippen LogP contribution in [0.3, 0.4) is 0 Å². The van der Waals surface area contributed by atoms with Crippen LogP contribution in [-0.2, 0) is 0 Å². The van der Waals surface area contributed by atoms with Crippen LogP contribution in [0.5, 0.6) is 0 Å². The minimum atomic E-state index is 0.393. The summed E-state index contributed by atoms with van der Waals surface area (Å²) in [6, 6.07) is 0.706. The smallest absolute Gasteiger partial charge is 0.0158 e. The van der Waals surface area contributed by atoms with Crippen molar-refractivity contribution < 1.29 is 0 Å². The van der Waals surface area contributed by atoms with Crippen LogP contribution in [0.15, 0.2) is 0 Å². The monoisotopic (exact) mass is 259 g/mol. The van der Waals surface area contributed by atoms with E-state index in [0.29, 0.717) is 10.8 Å². The first-order valence-corrected chi connectivity index (χ1v) is 8.21. The van der Waals surface area contributed by atoms with Gasteiger partial charge in [0.25, 0.3) is 0 Å². The molecule has 1 atom stereocenters. The zero-order valence-electron chi connectivity index (χ0n) is 12.8. The summed E-state index contributed by atoms with van der Waals surface area (Å²) >= 11 is 2.09. The summed E-state index contributed by atoms with van der Waals surface area (Å²) in [4.78, 5) is 0. The van der Waals surface area contributed by atoms with E-state index in [4.69, 9.17) is 0 Å². The lowest BCUT2D eigenvalue weighted by atomic mass is 10.0. The van der Waals surface area contributed by atoms with Gasteiger partial charge in [-0.05, 0) is 25.3 Å². The van der Waals surface area contributed by atoms with Gasteiger partial charge < -0.3 is 5.32 Å². The normalized spacial score (nSPS) is 14.3. The van der Waals surface area contributed by atoms with Gasteiger partial charge in [0.1, 0.15) is 0 Å². The molecule has 0 aromatic carbocycles. The fourth-order valence-corrected chi connectivity index (χ4v) is 2.70. The van der Waals surface area contributed by atoms with Gasteiger partial charge in [0.15, 0.2) is 0 Å². The molecule has 0 heterocycles. The number of thioether (sulfide) groups is 1. The van der Waals surface area contributed by atoms with Crippen molar-refractivity contribution in [2.24, 2.45) is 5.92 Å². The van der Waals surface area contributed by atoms with Crippen molar-refractivity contribution in [2.75, 3.05) is 12.3 Å². The van der Waals surface area contributed by atoms with Crippen LogP contribution in [-0.4, -0.2) is 23.1 Å². The van der Waals surface area contributed by atoms with E-state index in [9.17, 15) is 0 Å². The fourth-order valence-electron chi connectivity index (χ4n) is 1.72. The summed E-state index contributed by atoms with van der Waals surface area (Å²) in [6.07, 6.45) is 5.30. The van der Waals surface area contributed by atoms with E-state index >= 15 is 0 Å². The van der Waals surface area contributed by atoms with Crippen LogP contribution in [0.1, 0.15) is 67.2 Å². The summed E-state index contributed by atoms with van der Waals surface area (Å²) in [5.74, 6) is 2.10. The lowest BCUT2D eigenvalue weighted by Crippen LogP contribution is -2.33. The van der Waals surface area contributed by atoms with Gasteiger partial charge in [-0.15, -0.1) is 0 Å². The van der Waals surface area contributed by atoms with Gasteiger partial charge in [-0.3, -0.25) is 0 Å². The van der Waals surface area contributed by atoms with Crippen molar-refractivity contribution >= 4 is 11.8 Å². The molecule has 0 fully saturated rings. The molecule has 0 aliphatic heterocycles. The van der Waals surface area contributed by atoms with Gasteiger partial charge >= 0.3 is 0 Å². The predicted molar refractivity (Wildman–Crippen MR) is 83.0 cm³/mol. The quantitative estimate of drug-likeness (QED) is 0.643. The van der Waals surface area contributed by atoms with Crippen molar-refractivity contribution in [3.8, 4) is 0 Å². The van der Waals surface area contributed by atoms with Crippen molar-refractivity contribution in [3.63, 3.8) is 0 Å². The van der Waals surface area contributed by atoms with E-state index in [2.05, 4.69) is 58.6 Å². The van der Waals surface area contributed by atoms with Crippen molar-refractivity contribution in [2.45, 2.75) is 78.0 Å². The van der Waals surface area contributed by atoms with Crippen LogP contribution in [0.2, 0.25) is 0 Å². The number of rotatable bonds is 9. The van der Waals surface area contributed by atoms with Crippen LogP contribution in [0.4, 0.5) is 0 Å². The molecular weight excluding hydrogens is 226 g/mol. The molecule has 0 amide bonds. The fraction of sp³-hybridized carbons (Fsp3) is 1.00. The Morgan fingerprint density at radius 3 is 2.24 bits per heavy atom. The molecule has 0 aliphatic rings. The Morgan fingerprint density at radius 1 is 1.12 bits per heavy atom. The molecule has 0 rings (SSSR count). The average Bonchev–Trinajstić information content (AvgIpc) is 2.19. The summed E-state index contributed by atoms with van der Waals surface area (Å²) in [6.45, 7) is 15.0. The molecule has 0 aromatic heterocycles. The third kappa shape index (κ3) is 12.6. The van der Waals surface area contributed by atoms with Gasteiger partial charge in [0.2, 0.25) is 0 Å². The summed E-state index contributed by atoms with van der Waals surface area (Å²) in [5, 5.41) is 3.69. The first kappa shape index (κ1) is 17.3. The molecular formula is C15H33NS. The van der Waals surface area contributed by atoms with E-state index in [1.807, 2.05) is 0 Å². The lowest BCUT2D eigenvalue weighted by Gasteiger charge is -2.24. The van der Waals surface area contributed by atoms with Gasteiger partial charge in [0.05, 0.1) is 0 Å². The number of hydrogen-bond acceptors (Lipinski definition) is 2. The number of hydrogen-bond donors (Lipinski definition) is 1. The van der Waals surface area contributed by atoms with Crippen molar-refractivity contribution in [1.82, 2.24) is 5.32 Å². The SMILES string of the molecule is CCCNC(CCCC(C)C)CSC(C)(C)C. The number of nitrogens with one attached hydrogen (secondary N) is 1. The molecule has 1 nitrogen and oxygen atoms in total. The molecule has 0 aromatic rings. The van der Waals surface area contributed by atoms with E-state index in [0.717, 1.165) is 12.5 Å². The third-order valence-corrected chi connectivity index (χ3v) is 4.17. The Hall–Kier alpha value is 0.310. The Kier molecular flexibility index (Phi) is 9.44. The largest absolute Gasteiger partial charge is 0.313 e. The minimum absolute atomic E-state index is 0.393. The van der Waals surface area contributed by atoms with Gasteiger partial charge in [0, 0.05) is 16.5 Å². The maximum atomic E-state index is 3.69. The van der Waals surface area contributed by atoms with E-state index < -0.39 is 0 Å². The molecule has 0 spiro atoms. The second-order valence-corrected chi connectivity index (χ2v) is 8.25. The summed E-state index contributed by atoms with van der Waals surface area (Å²) in [5.41, 5.74) is 0. The van der Waals surface area contributed by atoms with E-state index in [1.54, 1.807) is 0 Å². The average molecular weight is 260 g/mol. The van der Waals surface area contributed by atoms with Gasteiger partial charge in [-0.25, -0.2) is 0 Å². The summed E-state index contributed by atoms with van der Waals surface area (Å²) < 4.78 is 0.393. The highest BCUT2D eigenvalue weighted by atomic mass is 32.2. The lowest BCUT2D eigenvalue weighted by molar-refractivity contribution is 0.461. The molecule has 17 heavy (non-hydrogen) atoms. The highest BCUT2D eigenvalue weighted by molar-refractivity contribution is 8.00. The molecule has 0 aliphatic carbocycles. The van der Waals surface area contributed by atoms with E-state index in [1.165, 1.54) is 31.4 Å². The van der Waals surface area contributed by atoms with Crippen LogP contribution in [0, 0.1) is 5.92 Å². The molecule has 1 unspecified atom stereocenters. The first-order chi connectivity index (χ1) is 7.85. The summed E-state index contributed by atoms with van der Waals surface area (Å²) in [7, 11) is 0.